The van der Waals surface area contributed by atoms with Crippen LogP contribution in [0.3, 0.4) is 0 Å². The Kier molecular flexibility index (Phi) is 4.69. The molecule has 3 saturated carbocycles. The molecule has 0 unspecified atom stereocenters. The summed E-state index contributed by atoms with van der Waals surface area (Å²) in [5, 5.41) is 22.0. The van der Waals surface area contributed by atoms with E-state index in [9.17, 15) is 24.6 Å². The molecule has 32 heavy (non-hydrogen) atoms. The summed E-state index contributed by atoms with van der Waals surface area (Å²) in [7, 11) is 0. The Bertz CT molecular complexity index is 963. The van der Waals surface area contributed by atoms with E-state index in [2.05, 4.69) is 6.92 Å². The summed E-state index contributed by atoms with van der Waals surface area (Å²) >= 11 is 0. The molecule has 0 saturated heterocycles. The number of aliphatic hydroxyl groups excluding tert-OH is 2. The zero-order chi connectivity index (χ0) is 23.1. The fourth-order valence-electron chi connectivity index (χ4n) is 8.11. The predicted molar refractivity (Wildman–Crippen MR) is 113 cm³/mol. The minimum absolute atomic E-state index is 0.0198. The number of fused-ring (bicyclic) bond motifs is 6. The van der Waals surface area contributed by atoms with Crippen LogP contribution < -0.4 is 0 Å². The zero-order valence-corrected chi connectivity index (χ0v) is 19.0. The second-order valence-corrected chi connectivity index (χ2v) is 10.8. The smallest absolute Gasteiger partial charge is 0.377 e. The number of hydrogen-bond donors (Lipinski definition) is 2. The summed E-state index contributed by atoms with van der Waals surface area (Å²) in [5.41, 5.74) is -1.13. The average Bonchev–Trinajstić information content (AvgIpc) is 3.17. The van der Waals surface area contributed by atoms with Crippen LogP contribution in [-0.4, -0.2) is 46.1 Å². The standard InChI is InChI=1S/C25H32O7/c1-4-31-22(30)20-19(28)21(29)25(32-20)10-8-16-15-6-5-13-11-14(26)7-9-23(13,2)18(15)17(27)12-24(16,25)3/h11,15-18,27-28H,4-10,12H2,1-3H3/t15-,16-,17-,18+,23-,24-,25-/m0/s1. The first-order valence-electron chi connectivity index (χ1n) is 11.8. The van der Waals surface area contributed by atoms with E-state index < -0.39 is 40.4 Å². The first kappa shape index (κ1) is 21.7. The van der Waals surface area contributed by atoms with Gasteiger partial charge in [0.1, 0.15) is 0 Å². The number of hydrogen-bond acceptors (Lipinski definition) is 7. The van der Waals surface area contributed by atoms with Gasteiger partial charge in [0.15, 0.2) is 11.4 Å². The Labute approximate surface area is 187 Å². The van der Waals surface area contributed by atoms with E-state index in [4.69, 9.17) is 9.47 Å². The molecule has 4 aliphatic carbocycles. The molecule has 0 aromatic rings. The lowest BCUT2D eigenvalue weighted by Gasteiger charge is -2.60. The SMILES string of the molecule is CCOC(=O)C1=C(O)C(=O)[C@]2(CC[C@H]3[C@@H]4CCC5=CC(=O)CC[C@]5(C)[C@H]4[C@@H](O)C[C@@]32C)O1. The van der Waals surface area contributed by atoms with Gasteiger partial charge in [-0.2, -0.15) is 0 Å². The summed E-state index contributed by atoms with van der Waals surface area (Å²) in [4.78, 5) is 37.7. The lowest BCUT2D eigenvalue weighted by molar-refractivity contribution is -0.180. The number of carbonyl (C=O) groups is 3. The third-order valence-electron chi connectivity index (χ3n) is 9.55. The molecule has 1 spiro atoms. The van der Waals surface area contributed by atoms with Crippen molar-refractivity contribution in [2.75, 3.05) is 6.61 Å². The number of carbonyl (C=O) groups excluding carboxylic acids is 3. The molecule has 7 atom stereocenters. The predicted octanol–water partition coefficient (Wildman–Crippen LogP) is 3.16. The van der Waals surface area contributed by atoms with Gasteiger partial charge in [-0.05, 0) is 74.7 Å². The van der Waals surface area contributed by atoms with Gasteiger partial charge in [-0.1, -0.05) is 19.4 Å². The number of aliphatic hydroxyl groups is 2. The summed E-state index contributed by atoms with van der Waals surface area (Å²) in [5.74, 6) is -1.97. The lowest BCUT2D eigenvalue weighted by atomic mass is 9.45. The van der Waals surface area contributed by atoms with Crippen molar-refractivity contribution in [3.8, 4) is 0 Å². The third-order valence-corrected chi connectivity index (χ3v) is 9.55. The molecule has 7 nitrogen and oxygen atoms in total. The topological polar surface area (TPSA) is 110 Å². The average molecular weight is 445 g/mol. The van der Waals surface area contributed by atoms with Gasteiger partial charge < -0.3 is 19.7 Å². The molecule has 7 heteroatoms. The van der Waals surface area contributed by atoms with Gasteiger partial charge in [-0.25, -0.2) is 4.79 Å². The molecule has 3 fully saturated rings. The highest BCUT2D eigenvalue weighted by molar-refractivity contribution is 6.09. The van der Waals surface area contributed by atoms with Crippen LogP contribution in [0.4, 0.5) is 0 Å². The van der Waals surface area contributed by atoms with Gasteiger partial charge in [-0.3, -0.25) is 9.59 Å². The molecule has 5 aliphatic rings. The minimum Gasteiger partial charge on any atom is -0.501 e. The van der Waals surface area contributed by atoms with Crippen LogP contribution in [0.15, 0.2) is 23.2 Å². The second kappa shape index (κ2) is 6.92. The zero-order valence-electron chi connectivity index (χ0n) is 19.0. The van der Waals surface area contributed by atoms with Crippen molar-refractivity contribution in [2.24, 2.45) is 28.6 Å². The van der Waals surface area contributed by atoms with E-state index in [1.807, 2.05) is 6.92 Å². The van der Waals surface area contributed by atoms with Crippen LogP contribution in [0.25, 0.3) is 0 Å². The van der Waals surface area contributed by atoms with Crippen molar-refractivity contribution in [1.82, 2.24) is 0 Å². The van der Waals surface area contributed by atoms with E-state index in [0.717, 1.165) is 31.3 Å². The lowest BCUT2D eigenvalue weighted by Crippen LogP contribution is -2.61. The van der Waals surface area contributed by atoms with Crippen LogP contribution in [0.1, 0.15) is 65.7 Å². The Hall–Kier alpha value is -2.15. The molecule has 5 rings (SSSR count). The van der Waals surface area contributed by atoms with Gasteiger partial charge in [0.25, 0.3) is 5.76 Å². The maximum atomic E-state index is 13.3. The molecule has 1 heterocycles. The van der Waals surface area contributed by atoms with Gasteiger partial charge in [-0.15, -0.1) is 0 Å². The molecule has 1 aliphatic heterocycles. The molecule has 0 amide bonds. The monoisotopic (exact) mass is 444 g/mol. The summed E-state index contributed by atoms with van der Waals surface area (Å²) in [6, 6.07) is 0. The van der Waals surface area contributed by atoms with Gasteiger partial charge in [0, 0.05) is 11.8 Å². The Morgan fingerprint density at radius 1 is 1.22 bits per heavy atom. The van der Waals surface area contributed by atoms with Crippen LogP contribution in [0, 0.1) is 28.6 Å². The highest BCUT2D eigenvalue weighted by Crippen LogP contribution is 2.69. The van der Waals surface area contributed by atoms with Crippen molar-refractivity contribution in [3.05, 3.63) is 23.2 Å². The normalized spacial score (nSPS) is 45.2. The summed E-state index contributed by atoms with van der Waals surface area (Å²) in [6.07, 6.45) is 5.54. The van der Waals surface area contributed by atoms with E-state index in [1.165, 1.54) is 0 Å². The molecular weight excluding hydrogens is 412 g/mol. The first-order chi connectivity index (χ1) is 15.1. The number of Topliss-reactive ketones (excluding diaryl/α,β-unsaturated/α-hetero) is 1. The van der Waals surface area contributed by atoms with Crippen molar-refractivity contribution in [3.63, 3.8) is 0 Å². The van der Waals surface area contributed by atoms with E-state index in [1.54, 1.807) is 13.0 Å². The van der Waals surface area contributed by atoms with Crippen LogP contribution in [-0.2, 0) is 23.9 Å². The Morgan fingerprint density at radius 2 is 1.97 bits per heavy atom. The highest BCUT2D eigenvalue weighted by atomic mass is 16.6. The number of esters is 1. The second-order valence-electron chi connectivity index (χ2n) is 10.8. The maximum Gasteiger partial charge on any atom is 0.377 e. The number of rotatable bonds is 2. The molecule has 0 bridgehead atoms. The van der Waals surface area contributed by atoms with E-state index >= 15 is 0 Å². The largest absolute Gasteiger partial charge is 0.501 e. The van der Waals surface area contributed by atoms with Crippen molar-refractivity contribution >= 4 is 17.5 Å². The number of ether oxygens (including phenoxy) is 2. The molecule has 2 N–H and O–H groups in total. The summed E-state index contributed by atoms with van der Waals surface area (Å²) < 4.78 is 11.0. The Balaban J connectivity index is 1.51. The highest BCUT2D eigenvalue weighted by Gasteiger charge is 2.72. The summed E-state index contributed by atoms with van der Waals surface area (Å²) in [6.45, 7) is 5.92. The number of allylic oxidation sites excluding steroid dienone is 1. The van der Waals surface area contributed by atoms with Crippen molar-refractivity contribution < 1.29 is 34.1 Å². The van der Waals surface area contributed by atoms with E-state index in [-0.39, 0.29) is 35.6 Å². The molecule has 0 aromatic carbocycles. The fourth-order valence-corrected chi connectivity index (χ4v) is 8.11. The van der Waals surface area contributed by atoms with Gasteiger partial charge in [0.05, 0.1) is 12.7 Å². The first-order valence-corrected chi connectivity index (χ1v) is 11.8. The van der Waals surface area contributed by atoms with Gasteiger partial charge >= 0.3 is 5.97 Å². The third kappa shape index (κ3) is 2.54. The van der Waals surface area contributed by atoms with Crippen molar-refractivity contribution in [2.45, 2.75) is 77.4 Å². The van der Waals surface area contributed by atoms with Crippen LogP contribution in [0.5, 0.6) is 0 Å². The Morgan fingerprint density at radius 3 is 2.69 bits per heavy atom. The fraction of sp³-hybridized carbons (Fsp3) is 0.720. The maximum absolute atomic E-state index is 13.3. The van der Waals surface area contributed by atoms with Gasteiger partial charge in [0.2, 0.25) is 11.5 Å². The molecule has 0 radical (unpaired) electrons. The van der Waals surface area contributed by atoms with Crippen molar-refractivity contribution in [1.29, 1.82) is 0 Å². The van der Waals surface area contributed by atoms with Crippen LogP contribution in [0.2, 0.25) is 0 Å². The quantitative estimate of drug-likeness (QED) is 0.630. The molecular formula is C25H32O7. The number of ketones is 2. The minimum atomic E-state index is -1.35. The molecule has 0 aromatic heterocycles. The van der Waals surface area contributed by atoms with Crippen LogP contribution >= 0.6 is 0 Å². The van der Waals surface area contributed by atoms with E-state index in [0.29, 0.717) is 19.3 Å². The molecule has 174 valence electrons.